The van der Waals surface area contributed by atoms with E-state index in [0.29, 0.717) is 5.75 Å². The van der Waals surface area contributed by atoms with Crippen LogP contribution in [0.2, 0.25) is 0 Å². The lowest BCUT2D eigenvalue weighted by molar-refractivity contribution is -0.118. The summed E-state index contributed by atoms with van der Waals surface area (Å²) in [5.74, 6) is 0.513. The molecule has 0 aromatic heterocycles. The number of ether oxygens (including phenoxy) is 1. The third-order valence-corrected chi connectivity index (χ3v) is 3.27. The van der Waals surface area contributed by atoms with Crippen LogP contribution in [-0.4, -0.2) is 12.5 Å². The van der Waals surface area contributed by atoms with Gasteiger partial charge in [0.1, 0.15) is 5.75 Å². The lowest BCUT2D eigenvalue weighted by Gasteiger charge is -2.13. The first-order valence-corrected chi connectivity index (χ1v) is 7.29. The van der Waals surface area contributed by atoms with Crippen molar-refractivity contribution in [2.24, 2.45) is 0 Å². The lowest BCUT2D eigenvalue weighted by Crippen LogP contribution is -2.20. The highest BCUT2D eigenvalue weighted by molar-refractivity contribution is 9.09. The van der Waals surface area contributed by atoms with Gasteiger partial charge in [-0.15, -0.1) is 0 Å². The topological polar surface area (TPSA) is 38.3 Å². The van der Waals surface area contributed by atoms with Crippen molar-refractivity contribution in [3.05, 3.63) is 60.2 Å². The molecule has 2 aromatic carbocycles. The fourth-order valence-corrected chi connectivity index (χ4v) is 2.21. The number of rotatable bonds is 5. The van der Waals surface area contributed by atoms with E-state index in [0.717, 1.165) is 11.3 Å². The van der Waals surface area contributed by atoms with Crippen molar-refractivity contribution < 1.29 is 9.53 Å². The second-order valence-electron chi connectivity index (χ2n) is 4.35. The Labute approximate surface area is 127 Å². The minimum atomic E-state index is -0.172. The Morgan fingerprint density at radius 3 is 2.50 bits per heavy atom. The summed E-state index contributed by atoms with van der Waals surface area (Å²) in [7, 11) is 0. The molecule has 0 saturated carbocycles. The van der Waals surface area contributed by atoms with Gasteiger partial charge in [-0.1, -0.05) is 52.3 Å². The molecule has 104 valence electrons. The first-order chi connectivity index (χ1) is 9.66. The minimum Gasteiger partial charge on any atom is -0.484 e. The van der Waals surface area contributed by atoms with Crippen molar-refractivity contribution >= 4 is 27.5 Å². The lowest BCUT2D eigenvalue weighted by atomic mass is 10.1. The third-order valence-electron chi connectivity index (χ3n) is 2.78. The first kappa shape index (κ1) is 14.6. The van der Waals surface area contributed by atoms with Crippen LogP contribution in [0.1, 0.15) is 17.3 Å². The Bertz CT molecular complexity index is 570. The summed E-state index contributed by atoms with van der Waals surface area (Å²) in [4.78, 5) is 12.1. The largest absolute Gasteiger partial charge is 0.484 e. The molecule has 3 nitrogen and oxygen atoms in total. The maximum Gasteiger partial charge on any atom is 0.262 e. The Kier molecular flexibility index (Phi) is 5.18. The highest BCUT2D eigenvalue weighted by Crippen LogP contribution is 2.28. The van der Waals surface area contributed by atoms with E-state index in [-0.39, 0.29) is 17.3 Å². The summed E-state index contributed by atoms with van der Waals surface area (Å²) < 4.78 is 5.42. The molecular weight excluding hydrogens is 318 g/mol. The SMILES string of the molecule is CC(Br)c1ccccc1NC(=O)COc1ccccc1. The number of hydrogen-bond donors (Lipinski definition) is 1. The van der Waals surface area contributed by atoms with Gasteiger partial charge in [-0.2, -0.15) is 0 Å². The number of amides is 1. The summed E-state index contributed by atoms with van der Waals surface area (Å²) in [5, 5.41) is 2.87. The second-order valence-corrected chi connectivity index (χ2v) is 5.73. The molecule has 0 bridgehead atoms. The zero-order valence-corrected chi connectivity index (χ0v) is 12.8. The monoisotopic (exact) mass is 333 g/mol. The van der Waals surface area contributed by atoms with Crippen LogP contribution in [0.3, 0.4) is 0 Å². The van der Waals surface area contributed by atoms with Gasteiger partial charge in [0, 0.05) is 10.5 Å². The van der Waals surface area contributed by atoms with Gasteiger partial charge in [0.2, 0.25) is 0 Å². The molecule has 2 rings (SSSR count). The van der Waals surface area contributed by atoms with Gasteiger partial charge in [-0.05, 0) is 30.7 Å². The number of halogens is 1. The van der Waals surface area contributed by atoms with Crippen molar-refractivity contribution in [1.29, 1.82) is 0 Å². The van der Waals surface area contributed by atoms with E-state index < -0.39 is 0 Å². The van der Waals surface area contributed by atoms with E-state index in [1.165, 1.54) is 0 Å². The van der Waals surface area contributed by atoms with Crippen LogP contribution in [0.15, 0.2) is 54.6 Å². The van der Waals surface area contributed by atoms with E-state index in [2.05, 4.69) is 21.2 Å². The zero-order chi connectivity index (χ0) is 14.4. The van der Waals surface area contributed by atoms with Gasteiger partial charge in [0.25, 0.3) is 5.91 Å². The summed E-state index contributed by atoms with van der Waals surface area (Å²) >= 11 is 3.52. The van der Waals surface area contributed by atoms with E-state index in [1.807, 2.05) is 61.5 Å². The van der Waals surface area contributed by atoms with Gasteiger partial charge >= 0.3 is 0 Å². The van der Waals surface area contributed by atoms with Crippen molar-refractivity contribution in [3.63, 3.8) is 0 Å². The van der Waals surface area contributed by atoms with Crippen LogP contribution in [0.4, 0.5) is 5.69 Å². The Morgan fingerprint density at radius 1 is 1.15 bits per heavy atom. The second kappa shape index (κ2) is 7.10. The number of alkyl halides is 1. The molecule has 2 aromatic rings. The number of para-hydroxylation sites is 2. The van der Waals surface area contributed by atoms with Gasteiger partial charge in [-0.25, -0.2) is 0 Å². The third kappa shape index (κ3) is 4.10. The zero-order valence-electron chi connectivity index (χ0n) is 11.2. The van der Waals surface area contributed by atoms with Crippen molar-refractivity contribution in [2.75, 3.05) is 11.9 Å². The first-order valence-electron chi connectivity index (χ1n) is 6.37. The molecule has 4 heteroatoms. The molecule has 20 heavy (non-hydrogen) atoms. The molecule has 1 amide bonds. The van der Waals surface area contributed by atoms with Gasteiger partial charge < -0.3 is 10.1 Å². The van der Waals surface area contributed by atoms with E-state index in [1.54, 1.807) is 0 Å². The van der Waals surface area contributed by atoms with E-state index in [4.69, 9.17) is 4.74 Å². The number of anilines is 1. The average Bonchev–Trinajstić information content (AvgIpc) is 2.46. The normalized spacial score (nSPS) is 11.7. The van der Waals surface area contributed by atoms with Gasteiger partial charge in [-0.3, -0.25) is 4.79 Å². The van der Waals surface area contributed by atoms with E-state index in [9.17, 15) is 4.79 Å². The van der Waals surface area contributed by atoms with Crippen LogP contribution < -0.4 is 10.1 Å². The number of nitrogens with one attached hydrogen (secondary N) is 1. The van der Waals surface area contributed by atoms with E-state index >= 15 is 0 Å². The minimum absolute atomic E-state index is 0.00495. The Hall–Kier alpha value is -1.81. The number of hydrogen-bond acceptors (Lipinski definition) is 2. The predicted molar refractivity (Wildman–Crippen MR) is 84.4 cm³/mol. The summed E-state index contributed by atoms with van der Waals surface area (Å²) in [6.07, 6.45) is 0. The van der Waals surface area contributed by atoms with Crippen LogP contribution in [-0.2, 0) is 4.79 Å². The molecule has 0 aliphatic rings. The number of carbonyl (C=O) groups is 1. The smallest absolute Gasteiger partial charge is 0.262 e. The van der Waals surface area contributed by atoms with Crippen LogP contribution in [0, 0.1) is 0 Å². The van der Waals surface area contributed by atoms with Gasteiger partial charge in [0.15, 0.2) is 6.61 Å². The molecule has 0 saturated heterocycles. The number of benzene rings is 2. The molecule has 0 aliphatic heterocycles. The Morgan fingerprint density at radius 2 is 1.80 bits per heavy atom. The maximum atomic E-state index is 11.9. The highest BCUT2D eigenvalue weighted by atomic mass is 79.9. The van der Waals surface area contributed by atoms with Crippen LogP contribution in [0.5, 0.6) is 5.75 Å². The molecule has 0 radical (unpaired) electrons. The standard InChI is InChI=1S/C16H16BrNO2/c1-12(17)14-9-5-6-10-15(14)18-16(19)11-20-13-7-3-2-4-8-13/h2-10,12H,11H2,1H3,(H,18,19). The van der Waals surface area contributed by atoms with Crippen molar-refractivity contribution in [3.8, 4) is 5.75 Å². The fraction of sp³-hybridized carbons (Fsp3) is 0.188. The van der Waals surface area contributed by atoms with Crippen molar-refractivity contribution in [2.45, 2.75) is 11.8 Å². The molecule has 0 heterocycles. The summed E-state index contributed by atoms with van der Waals surface area (Å²) in [6, 6.07) is 17.0. The summed E-state index contributed by atoms with van der Waals surface area (Å²) in [6.45, 7) is 2.01. The molecule has 0 fully saturated rings. The van der Waals surface area contributed by atoms with Crippen molar-refractivity contribution in [1.82, 2.24) is 0 Å². The molecule has 1 atom stereocenters. The molecule has 1 N–H and O–H groups in total. The highest BCUT2D eigenvalue weighted by Gasteiger charge is 2.10. The van der Waals surface area contributed by atoms with Crippen LogP contribution in [0.25, 0.3) is 0 Å². The van der Waals surface area contributed by atoms with Crippen LogP contribution >= 0.6 is 15.9 Å². The predicted octanol–water partition coefficient (Wildman–Crippen LogP) is 4.16. The van der Waals surface area contributed by atoms with Gasteiger partial charge in [0.05, 0.1) is 0 Å². The molecule has 1 unspecified atom stereocenters. The molecule has 0 aliphatic carbocycles. The quantitative estimate of drug-likeness (QED) is 0.834. The fourth-order valence-electron chi connectivity index (χ4n) is 1.81. The Balaban J connectivity index is 1.95. The maximum absolute atomic E-state index is 11.9. The average molecular weight is 334 g/mol. The molecular formula is C16H16BrNO2. The number of carbonyl (C=O) groups excluding carboxylic acids is 1. The molecule has 0 spiro atoms. The summed E-state index contributed by atoms with van der Waals surface area (Å²) in [5.41, 5.74) is 1.85.